The van der Waals surface area contributed by atoms with Crippen LogP contribution in [-0.2, 0) is 4.79 Å². The lowest BCUT2D eigenvalue weighted by Gasteiger charge is -2.36. The Kier molecular flexibility index (Phi) is 4.53. The molecule has 1 heterocycles. The average Bonchev–Trinajstić information content (AvgIpc) is 3.21. The van der Waals surface area contributed by atoms with Gasteiger partial charge in [0, 0.05) is 32.1 Å². The first-order valence-corrected chi connectivity index (χ1v) is 9.43. The van der Waals surface area contributed by atoms with Crippen LogP contribution < -0.4 is 0 Å². The summed E-state index contributed by atoms with van der Waals surface area (Å²) < 4.78 is 0. The van der Waals surface area contributed by atoms with Crippen molar-refractivity contribution in [1.82, 2.24) is 9.80 Å². The van der Waals surface area contributed by atoms with Crippen molar-refractivity contribution in [2.24, 2.45) is 5.92 Å². The van der Waals surface area contributed by atoms with Gasteiger partial charge in [0.25, 0.3) is 5.91 Å². The van der Waals surface area contributed by atoms with E-state index in [4.69, 9.17) is 0 Å². The Morgan fingerprint density at radius 3 is 2.12 bits per heavy atom. The number of phenols is 1. The minimum atomic E-state index is -0.166. The predicted molar refractivity (Wildman–Crippen MR) is 100 cm³/mol. The molecule has 1 saturated carbocycles. The first-order valence-electron chi connectivity index (χ1n) is 9.43. The van der Waals surface area contributed by atoms with Gasteiger partial charge in [0.05, 0.1) is 5.56 Å². The molecular formula is C21H24N2O3. The molecule has 26 heavy (non-hydrogen) atoms. The third-order valence-corrected chi connectivity index (χ3v) is 5.68. The highest BCUT2D eigenvalue weighted by Gasteiger charge is 2.31. The summed E-state index contributed by atoms with van der Waals surface area (Å²) in [6, 6.07) is 11.1. The summed E-state index contributed by atoms with van der Waals surface area (Å²) >= 11 is 0. The van der Waals surface area contributed by atoms with Crippen molar-refractivity contribution >= 4 is 22.6 Å². The van der Waals surface area contributed by atoms with Gasteiger partial charge in [0.15, 0.2) is 0 Å². The lowest BCUT2D eigenvalue weighted by Crippen LogP contribution is -2.51. The number of fused-ring (bicyclic) bond motifs is 1. The summed E-state index contributed by atoms with van der Waals surface area (Å²) in [5, 5.41) is 12.1. The molecule has 4 rings (SSSR count). The molecule has 0 atom stereocenters. The Morgan fingerprint density at radius 1 is 0.885 bits per heavy atom. The number of phenolic OH excluding ortho intramolecular Hbond substituents is 1. The molecule has 0 aromatic heterocycles. The van der Waals surface area contributed by atoms with Gasteiger partial charge >= 0.3 is 0 Å². The molecule has 0 radical (unpaired) electrons. The van der Waals surface area contributed by atoms with Gasteiger partial charge in [-0.2, -0.15) is 0 Å². The summed E-state index contributed by atoms with van der Waals surface area (Å²) in [6.45, 7) is 2.19. The maximum atomic E-state index is 12.9. The van der Waals surface area contributed by atoms with Crippen LogP contribution >= 0.6 is 0 Å². The zero-order chi connectivity index (χ0) is 18.1. The molecule has 1 N–H and O–H groups in total. The zero-order valence-electron chi connectivity index (χ0n) is 14.9. The topological polar surface area (TPSA) is 60.9 Å². The maximum absolute atomic E-state index is 12.9. The van der Waals surface area contributed by atoms with Crippen LogP contribution in [0.2, 0.25) is 0 Å². The number of nitrogens with zero attached hydrogens (tertiary/aromatic N) is 2. The van der Waals surface area contributed by atoms with Crippen LogP contribution in [-0.4, -0.2) is 52.9 Å². The highest BCUT2D eigenvalue weighted by molar-refractivity contribution is 6.01. The molecule has 1 aliphatic carbocycles. The van der Waals surface area contributed by atoms with Gasteiger partial charge in [-0.05, 0) is 35.7 Å². The predicted octanol–water partition coefficient (Wildman–Crippen LogP) is 3.02. The number of rotatable bonds is 2. The van der Waals surface area contributed by atoms with Gasteiger partial charge in [-0.1, -0.05) is 37.1 Å². The van der Waals surface area contributed by atoms with E-state index < -0.39 is 0 Å². The first-order chi connectivity index (χ1) is 12.6. The molecule has 5 heteroatoms. The van der Waals surface area contributed by atoms with E-state index in [1.165, 1.54) is 0 Å². The Balaban J connectivity index is 1.45. The SMILES string of the molecule is O=C(c1cc2ccccc2cc1O)N1CCN(C(=O)C2CCCC2)CC1. The van der Waals surface area contributed by atoms with Gasteiger partial charge in [0.2, 0.25) is 5.91 Å². The van der Waals surface area contributed by atoms with Gasteiger partial charge in [-0.3, -0.25) is 9.59 Å². The van der Waals surface area contributed by atoms with E-state index in [1.807, 2.05) is 29.2 Å². The van der Waals surface area contributed by atoms with Crippen molar-refractivity contribution in [3.05, 3.63) is 42.0 Å². The van der Waals surface area contributed by atoms with E-state index in [9.17, 15) is 14.7 Å². The van der Waals surface area contributed by atoms with E-state index in [-0.39, 0.29) is 23.5 Å². The smallest absolute Gasteiger partial charge is 0.257 e. The molecule has 2 fully saturated rings. The second kappa shape index (κ2) is 6.98. The molecule has 1 aliphatic heterocycles. The highest BCUT2D eigenvalue weighted by atomic mass is 16.3. The molecule has 0 spiro atoms. The summed E-state index contributed by atoms with van der Waals surface area (Å²) in [4.78, 5) is 29.0. The molecular weight excluding hydrogens is 328 g/mol. The molecule has 0 bridgehead atoms. The summed E-state index contributed by atoms with van der Waals surface area (Å²) in [5.74, 6) is 0.282. The third-order valence-electron chi connectivity index (χ3n) is 5.68. The minimum Gasteiger partial charge on any atom is -0.507 e. The average molecular weight is 352 g/mol. The molecule has 2 aliphatic rings. The summed E-state index contributed by atoms with van der Waals surface area (Å²) in [7, 11) is 0. The van der Waals surface area contributed by atoms with E-state index >= 15 is 0 Å². The molecule has 2 amide bonds. The molecule has 0 unspecified atom stereocenters. The minimum absolute atomic E-state index is 0.0122. The fourth-order valence-corrected chi connectivity index (χ4v) is 4.13. The Hall–Kier alpha value is -2.56. The normalized spacial score (nSPS) is 18.5. The van der Waals surface area contributed by atoms with Gasteiger partial charge < -0.3 is 14.9 Å². The fourth-order valence-electron chi connectivity index (χ4n) is 4.13. The first kappa shape index (κ1) is 16.9. The zero-order valence-corrected chi connectivity index (χ0v) is 14.9. The van der Waals surface area contributed by atoms with Gasteiger partial charge in [-0.25, -0.2) is 0 Å². The van der Waals surface area contributed by atoms with Crippen LogP contribution in [0.1, 0.15) is 36.0 Å². The van der Waals surface area contributed by atoms with Crippen molar-refractivity contribution in [2.75, 3.05) is 26.2 Å². The number of hydrogen-bond acceptors (Lipinski definition) is 3. The maximum Gasteiger partial charge on any atom is 0.257 e. The number of hydrogen-bond donors (Lipinski definition) is 1. The summed E-state index contributed by atoms with van der Waals surface area (Å²) in [5.41, 5.74) is 0.333. The van der Waals surface area contributed by atoms with Crippen LogP contribution in [0.3, 0.4) is 0 Å². The molecule has 2 aromatic rings. The number of carbonyl (C=O) groups is 2. The second-order valence-electron chi connectivity index (χ2n) is 7.32. The van der Waals surface area contributed by atoms with Crippen molar-refractivity contribution in [3.8, 4) is 5.75 Å². The third kappa shape index (κ3) is 3.14. The highest BCUT2D eigenvalue weighted by Crippen LogP contribution is 2.28. The van der Waals surface area contributed by atoms with Crippen LogP contribution in [0.25, 0.3) is 10.8 Å². The fraction of sp³-hybridized carbons (Fsp3) is 0.429. The van der Waals surface area contributed by atoms with Crippen molar-refractivity contribution in [1.29, 1.82) is 0 Å². The summed E-state index contributed by atoms with van der Waals surface area (Å²) in [6.07, 6.45) is 4.30. The van der Waals surface area contributed by atoms with Crippen molar-refractivity contribution in [2.45, 2.75) is 25.7 Å². The Labute approximate surface area is 153 Å². The number of aromatic hydroxyl groups is 1. The van der Waals surface area contributed by atoms with Crippen LogP contribution in [0.4, 0.5) is 0 Å². The Bertz CT molecular complexity index is 834. The lowest BCUT2D eigenvalue weighted by atomic mass is 10.0. The van der Waals surface area contributed by atoms with Crippen LogP contribution in [0.15, 0.2) is 36.4 Å². The van der Waals surface area contributed by atoms with Crippen molar-refractivity contribution in [3.63, 3.8) is 0 Å². The quantitative estimate of drug-likeness (QED) is 0.904. The monoisotopic (exact) mass is 352 g/mol. The largest absolute Gasteiger partial charge is 0.507 e. The number of benzene rings is 2. The molecule has 2 aromatic carbocycles. The van der Waals surface area contributed by atoms with Gasteiger partial charge in [0.1, 0.15) is 5.75 Å². The number of carbonyl (C=O) groups excluding carboxylic acids is 2. The number of amides is 2. The standard InChI is InChI=1S/C21H24N2O3/c24-19-14-17-8-4-3-7-16(17)13-18(19)21(26)23-11-9-22(10-12-23)20(25)15-5-1-2-6-15/h3-4,7-8,13-15,24H,1-2,5-6,9-12H2. The van der Waals surface area contributed by atoms with Crippen LogP contribution in [0.5, 0.6) is 5.75 Å². The second-order valence-corrected chi connectivity index (χ2v) is 7.32. The number of piperazine rings is 1. The lowest BCUT2D eigenvalue weighted by molar-refractivity contribution is -0.136. The van der Waals surface area contributed by atoms with E-state index in [0.29, 0.717) is 31.7 Å². The Morgan fingerprint density at radius 2 is 1.46 bits per heavy atom. The van der Waals surface area contributed by atoms with E-state index in [0.717, 1.165) is 36.5 Å². The molecule has 1 saturated heterocycles. The van der Waals surface area contributed by atoms with Gasteiger partial charge in [-0.15, -0.1) is 0 Å². The van der Waals surface area contributed by atoms with E-state index in [1.54, 1.807) is 17.0 Å². The van der Waals surface area contributed by atoms with Crippen LogP contribution in [0, 0.1) is 5.92 Å². The van der Waals surface area contributed by atoms with Crippen molar-refractivity contribution < 1.29 is 14.7 Å². The molecule has 136 valence electrons. The van der Waals surface area contributed by atoms with E-state index in [2.05, 4.69) is 0 Å². The molecule has 5 nitrogen and oxygen atoms in total.